The van der Waals surface area contributed by atoms with Crippen molar-refractivity contribution < 1.29 is 9.53 Å². The molecule has 0 spiro atoms. The van der Waals surface area contributed by atoms with Gasteiger partial charge in [0.1, 0.15) is 5.60 Å². The van der Waals surface area contributed by atoms with Gasteiger partial charge in [-0.15, -0.1) is 0 Å². The Labute approximate surface area is 143 Å². The Balaban J connectivity index is 2.33. The highest BCUT2D eigenvalue weighted by atomic mass is 16.6. The molecule has 1 aliphatic rings. The first kappa shape index (κ1) is 20.3. The number of alkyl carbamates (subject to hydrolysis) is 1. The predicted octanol–water partition coefficient (Wildman–Crippen LogP) is 4.48. The van der Waals surface area contributed by atoms with Crippen molar-refractivity contribution in [2.24, 2.45) is 11.3 Å². The van der Waals surface area contributed by atoms with Crippen LogP contribution in [0.25, 0.3) is 0 Å². The van der Waals surface area contributed by atoms with Crippen LogP contribution < -0.4 is 10.6 Å². The van der Waals surface area contributed by atoms with E-state index in [-0.39, 0.29) is 12.1 Å². The third-order valence-electron chi connectivity index (χ3n) is 4.63. The highest BCUT2D eigenvalue weighted by Gasteiger charge is 2.33. The summed E-state index contributed by atoms with van der Waals surface area (Å²) in [5, 5.41) is 6.65. The van der Waals surface area contributed by atoms with Gasteiger partial charge in [0.2, 0.25) is 0 Å². The lowest BCUT2D eigenvalue weighted by Crippen LogP contribution is -2.46. The molecule has 4 nitrogen and oxygen atoms in total. The molecule has 0 saturated heterocycles. The molecule has 0 radical (unpaired) electrons. The predicted molar refractivity (Wildman–Crippen MR) is 96.7 cm³/mol. The van der Waals surface area contributed by atoms with Crippen LogP contribution in [0.4, 0.5) is 4.79 Å². The molecule has 1 aliphatic carbocycles. The monoisotopic (exact) mass is 326 g/mol. The molecule has 0 aromatic rings. The molecule has 0 aromatic carbocycles. The summed E-state index contributed by atoms with van der Waals surface area (Å²) in [6.07, 6.45) is 5.89. The Hall–Kier alpha value is -0.770. The van der Waals surface area contributed by atoms with E-state index in [1.54, 1.807) is 0 Å². The first-order chi connectivity index (χ1) is 10.5. The number of hydrogen-bond acceptors (Lipinski definition) is 3. The molecule has 0 aromatic heterocycles. The fourth-order valence-electron chi connectivity index (χ4n) is 3.48. The van der Waals surface area contributed by atoms with E-state index in [9.17, 15) is 4.79 Å². The summed E-state index contributed by atoms with van der Waals surface area (Å²) >= 11 is 0. The van der Waals surface area contributed by atoms with E-state index in [1.165, 1.54) is 25.7 Å². The molecule has 2 N–H and O–H groups in total. The number of amides is 1. The molecular weight excluding hydrogens is 288 g/mol. The third kappa shape index (κ3) is 8.05. The van der Waals surface area contributed by atoms with E-state index in [0.29, 0.717) is 11.5 Å². The van der Waals surface area contributed by atoms with Crippen molar-refractivity contribution in [3.05, 3.63) is 0 Å². The van der Waals surface area contributed by atoms with Crippen LogP contribution in [0.15, 0.2) is 0 Å². The van der Waals surface area contributed by atoms with Crippen LogP contribution in [0.5, 0.6) is 0 Å². The Bertz CT molecular complexity index is 369. The average molecular weight is 327 g/mol. The molecule has 0 bridgehead atoms. The normalized spacial score (nSPS) is 24.1. The van der Waals surface area contributed by atoms with Crippen molar-refractivity contribution in [1.29, 1.82) is 0 Å². The number of rotatable bonds is 5. The second-order valence-corrected chi connectivity index (χ2v) is 9.15. The Morgan fingerprint density at radius 2 is 1.74 bits per heavy atom. The largest absolute Gasteiger partial charge is 0.444 e. The summed E-state index contributed by atoms with van der Waals surface area (Å²) < 4.78 is 5.30. The number of carbonyl (C=O) groups excluding carboxylic acids is 1. The van der Waals surface area contributed by atoms with Gasteiger partial charge in [0.25, 0.3) is 0 Å². The summed E-state index contributed by atoms with van der Waals surface area (Å²) in [5.74, 6) is 0.741. The zero-order valence-corrected chi connectivity index (χ0v) is 16.3. The molecule has 4 heteroatoms. The number of ether oxygens (including phenoxy) is 1. The third-order valence-corrected chi connectivity index (χ3v) is 4.63. The Morgan fingerprint density at radius 1 is 1.13 bits per heavy atom. The van der Waals surface area contributed by atoms with Crippen molar-refractivity contribution in [2.75, 3.05) is 6.54 Å². The lowest BCUT2D eigenvalue weighted by molar-refractivity contribution is 0.0505. The molecule has 3 atom stereocenters. The van der Waals surface area contributed by atoms with Gasteiger partial charge in [-0.2, -0.15) is 0 Å². The minimum absolute atomic E-state index is 0.119. The van der Waals surface area contributed by atoms with Crippen LogP contribution in [0.1, 0.15) is 80.6 Å². The van der Waals surface area contributed by atoms with Crippen molar-refractivity contribution >= 4 is 6.09 Å². The van der Waals surface area contributed by atoms with Gasteiger partial charge in [0.15, 0.2) is 0 Å². The zero-order valence-electron chi connectivity index (χ0n) is 16.3. The first-order valence-electron chi connectivity index (χ1n) is 9.22. The van der Waals surface area contributed by atoms with E-state index in [2.05, 4.69) is 31.4 Å². The van der Waals surface area contributed by atoms with Gasteiger partial charge in [-0.05, 0) is 64.8 Å². The molecule has 1 amide bonds. The van der Waals surface area contributed by atoms with Crippen LogP contribution >= 0.6 is 0 Å². The molecule has 1 fully saturated rings. The van der Waals surface area contributed by atoms with Gasteiger partial charge in [0, 0.05) is 12.1 Å². The maximum absolute atomic E-state index is 11.8. The minimum atomic E-state index is -0.440. The summed E-state index contributed by atoms with van der Waals surface area (Å²) in [5.41, 5.74) is -0.0808. The summed E-state index contributed by atoms with van der Waals surface area (Å²) in [6.45, 7) is 15.7. The van der Waals surface area contributed by atoms with Gasteiger partial charge >= 0.3 is 6.09 Å². The number of hydrogen-bond donors (Lipinski definition) is 2. The van der Waals surface area contributed by atoms with E-state index < -0.39 is 5.60 Å². The maximum atomic E-state index is 11.8. The Morgan fingerprint density at radius 3 is 2.30 bits per heavy atom. The highest BCUT2D eigenvalue weighted by Crippen LogP contribution is 2.37. The van der Waals surface area contributed by atoms with Gasteiger partial charge in [-0.25, -0.2) is 4.79 Å². The van der Waals surface area contributed by atoms with E-state index in [1.807, 2.05) is 27.7 Å². The van der Waals surface area contributed by atoms with E-state index >= 15 is 0 Å². The SMILES string of the molecule is CC(CCNC1CCCCC1C(C)(C)C)NC(=O)OC(C)(C)C. The van der Waals surface area contributed by atoms with Crippen molar-refractivity contribution in [2.45, 2.75) is 98.3 Å². The van der Waals surface area contributed by atoms with Crippen molar-refractivity contribution in [3.63, 3.8) is 0 Å². The summed E-state index contributed by atoms with van der Waals surface area (Å²) in [7, 11) is 0. The smallest absolute Gasteiger partial charge is 0.407 e. The van der Waals surface area contributed by atoms with Crippen LogP contribution in [-0.4, -0.2) is 30.3 Å². The molecule has 3 unspecified atom stereocenters. The fourth-order valence-corrected chi connectivity index (χ4v) is 3.48. The average Bonchev–Trinajstić information content (AvgIpc) is 2.35. The summed E-state index contributed by atoms with van der Waals surface area (Å²) in [4.78, 5) is 11.8. The first-order valence-corrected chi connectivity index (χ1v) is 9.22. The molecule has 0 aliphatic heterocycles. The lowest BCUT2D eigenvalue weighted by Gasteiger charge is -2.41. The fraction of sp³-hybridized carbons (Fsp3) is 0.947. The maximum Gasteiger partial charge on any atom is 0.407 e. The number of carbonyl (C=O) groups is 1. The minimum Gasteiger partial charge on any atom is -0.444 e. The quantitative estimate of drug-likeness (QED) is 0.783. The topological polar surface area (TPSA) is 50.4 Å². The van der Waals surface area contributed by atoms with Gasteiger partial charge < -0.3 is 15.4 Å². The molecule has 1 saturated carbocycles. The van der Waals surface area contributed by atoms with E-state index in [4.69, 9.17) is 4.74 Å². The molecular formula is C19H38N2O2. The van der Waals surface area contributed by atoms with Crippen LogP contribution in [0.3, 0.4) is 0 Å². The van der Waals surface area contributed by atoms with E-state index in [0.717, 1.165) is 18.9 Å². The van der Waals surface area contributed by atoms with Crippen molar-refractivity contribution in [1.82, 2.24) is 10.6 Å². The summed E-state index contributed by atoms with van der Waals surface area (Å²) in [6, 6.07) is 0.728. The molecule has 136 valence electrons. The van der Waals surface area contributed by atoms with Gasteiger partial charge in [0.05, 0.1) is 0 Å². The molecule has 23 heavy (non-hydrogen) atoms. The standard InChI is InChI=1S/C19H38N2O2/c1-14(21-17(22)23-19(5,6)7)12-13-20-16-11-9-8-10-15(16)18(2,3)4/h14-16,20H,8-13H2,1-7H3,(H,21,22). The second kappa shape index (κ2) is 8.36. The van der Waals surface area contributed by atoms with Crippen LogP contribution in [-0.2, 0) is 4.74 Å². The van der Waals surface area contributed by atoms with Crippen molar-refractivity contribution in [3.8, 4) is 0 Å². The zero-order chi connectivity index (χ0) is 17.7. The van der Waals surface area contributed by atoms with Gasteiger partial charge in [-0.3, -0.25) is 0 Å². The second-order valence-electron chi connectivity index (χ2n) is 9.15. The molecule has 0 heterocycles. The molecule has 1 rings (SSSR count). The highest BCUT2D eigenvalue weighted by molar-refractivity contribution is 5.67. The lowest BCUT2D eigenvalue weighted by atomic mass is 9.69. The van der Waals surface area contributed by atoms with Crippen LogP contribution in [0, 0.1) is 11.3 Å². The number of nitrogens with one attached hydrogen (secondary N) is 2. The van der Waals surface area contributed by atoms with Crippen LogP contribution in [0.2, 0.25) is 0 Å². The Kier molecular flexibility index (Phi) is 7.37. The van der Waals surface area contributed by atoms with Gasteiger partial charge in [-0.1, -0.05) is 33.6 Å².